The molecular weight excluding hydrogens is 841 g/mol. The van der Waals surface area contributed by atoms with E-state index in [1.165, 1.54) is 75.1 Å². The highest BCUT2D eigenvalue weighted by atomic mass is 28.4. The average molecular weight is 948 g/mol. The lowest BCUT2D eigenvalue weighted by atomic mass is 9.60. The molecule has 0 spiro atoms. The Kier molecular flexibility index (Phi) is 19.7. The number of ether oxygens (including phenoxy) is 1. The van der Waals surface area contributed by atoms with Gasteiger partial charge in [-0.1, -0.05) is 134 Å². The first-order valence-corrected chi connectivity index (χ1v) is 37.3. The van der Waals surface area contributed by atoms with Crippen molar-refractivity contribution in [3.05, 3.63) is 35.5 Å². The molecule has 63 heavy (non-hydrogen) atoms. The first-order valence-electron chi connectivity index (χ1n) is 26.0. The zero-order valence-electron chi connectivity index (χ0n) is 46.0. The molecule has 3 saturated carbocycles. The van der Waals surface area contributed by atoms with E-state index >= 15 is 0 Å². The van der Waals surface area contributed by atoms with E-state index < -0.39 is 33.3 Å². The maximum Gasteiger partial charge on any atom is 0.193 e. The number of rotatable bonds is 21. The Morgan fingerprint density at radius 3 is 1.84 bits per heavy atom. The van der Waals surface area contributed by atoms with Gasteiger partial charge in [0.15, 0.2) is 33.3 Å². The van der Waals surface area contributed by atoms with Crippen LogP contribution in [0.15, 0.2) is 35.5 Å². The number of allylic oxidation sites excluding steroid dienone is 3. The van der Waals surface area contributed by atoms with E-state index in [-0.39, 0.29) is 39.0 Å². The summed E-state index contributed by atoms with van der Waals surface area (Å²) in [4.78, 5) is 0. The van der Waals surface area contributed by atoms with Crippen molar-refractivity contribution in [2.75, 3.05) is 13.2 Å². The third-order valence-corrected chi connectivity index (χ3v) is 36.6. The van der Waals surface area contributed by atoms with E-state index in [0.29, 0.717) is 17.9 Å². The van der Waals surface area contributed by atoms with Crippen molar-refractivity contribution in [1.29, 1.82) is 0 Å². The molecule has 0 saturated heterocycles. The molecule has 9 heteroatoms. The summed E-state index contributed by atoms with van der Waals surface area (Å²) >= 11 is 0. The number of fused-ring (bicyclic) bond motifs is 1. The van der Waals surface area contributed by atoms with E-state index in [2.05, 4.69) is 162 Å². The van der Waals surface area contributed by atoms with Crippen LogP contribution in [0.5, 0.6) is 0 Å². The molecule has 0 heterocycles. The fourth-order valence-electron chi connectivity index (χ4n) is 10.6. The fraction of sp³-hybridized carbons (Fsp3) is 0.889. The molecule has 0 aromatic rings. The molecule has 3 aliphatic rings. The van der Waals surface area contributed by atoms with Crippen molar-refractivity contribution in [2.24, 2.45) is 23.2 Å². The Bertz CT molecular complexity index is 1530. The fourth-order valence-corrected chi connectivity index (χ4v) is 17.5. The lowest BCUT2D eigenvalue weighted by Crippen LogP contribution is -2.57. The van der Waals surface area contributed by atoms with Crippen LogP contribution in [-0.4, -0.2) is 70.4 Å². The Balaban J connectivity index is 1.92. The summed E-state index contributed by atoms with van der Waals surface area (Å²) in [5.41, 5.74) is 4.38. The highest BCUT2D eigenvalue weighted by Crippen LogP contribution is 2.60. The third kappa shape index (κ3) is 14.2. The van der Waals surface area contributed by atoms with Crippen molar-refractivity contribution in [2.45, 2.75) is 271 Å². The lowest BCUT2D eigenvalue weighted by molar-refractivity contribution is -0.0879. The van der Waals surface area contributed by atoms with E-state index in [1.807, 2.05) is 0 Å². The molecule has 5 nitrogen and oxygen atoms in total. The van der Waals surface area contributed by atoms with Gasteiger partial charge in [-0.15, -0.1) is 0 Å². The van der Waals surface area contributed by atoms with Gasteiger partial charge in [0.05, 0.1) is 17.8 Å². The van der Waals surface area contributed by atoms with Gasteiger partial charge in [-0.05, 0) is 166 Å². The standard InChI is InChI=1S/C54H106O5Si4/c1-24-63(25-2,26-3)59-53(15,16)36-27-30-41(4)45-34-35-46-43(31-28-37-54(45,46)17)32-33-44-40-47(57-61(20,21)51(9,10)11)49(48(42(44)5)58-62(22,23)52(12,13)14)55-38-29-39-56-60(18,19)50(6,7)8/h32-33,41,45-49H,5,24-31,34-40H2,1-4,6-23H3/t41-,45-,46+,47-,48-,49-,54-/m1/s1. The maximum atomic E-state index is 7.45. The predicted molar refractivity (Wildman–Crippen MR) is 285 cm³/mol. The molecule has 0 radical (unpaired) electrons. The van der Waals surface area contributed by atoms with Crippen molar-refractivity contribution in [3.8, 4) is 0 Å². The van der Waals surface area contributed by atoms with Gasteiger partial charge in [0, 0.05) is 19.6 Å². The molecule has 0 aromatic heterocycles. The Morgan fingerprint density at radius 1 is 0.746 bits per heavy atom. The molecule has 3 fully saturated rings. The second kappa shape index (κ2) is 21.7. The average Bonchev–Trinajstić information content (AvgIpc) is 3.51. The second-order valence-electron chi connectivity index (χ2n) is 26.2. The Labute approximate surface area is 397 Å². The van der Waals surface area contributed by atoms with Crippen LogP contribution >= 0.6 is 0 Å². The zero-order chi connectivity index (χ0) is 48.3. The largest absolute Gasteiger partial charge is 0.417 e. The Hall–Kier alpha value is -0.112. The van der Waals surface area contributed by atoms with E-state index in [0.717, 1.165) is 36.9 Å². The van der Waals surface area contributed by atoms with E-state index in [1.54, 1.807) is 5.57 Å². The predicted octanol–water partition coefficient (Wildman–Crippen LogP) is 17.2. The van der Waals surface area contributed by atoms with Gasteiger partial charge in [0.2, 0.25) is 0 Å². The van der Waals surface area contributed by atoms with Crippen molar-refractivity contribution < 1.29 is 22.4 Å². The van der Waals surface area contributed by atoms with Gasteiger partial charge in [0.1, 0.15) is 6.10 Å². The summed E-state index contributed by atoms with van der Waals surface area (Å²) in [6.45, 7) is 58.5. The SMILES string of the molecule is C=C1C(=CC=C2CCC[C@]3(C)[C@@H]([C@H](C)CCCC(C)(C)O[Si](CC)(CC)CC)CC[C@@H]23)C[C@@H](O[Si](C)(C)C(C)(C)C)[C@@H](OCCCO[Si](C)(C)C(C)(C)C)[C@@H]1O[Si](C)(C)C(C)(C)C. The highest BCUT2D eigenvalue weighted by molar-refractivity contribution is 6.75. The zero-order valence-corrected chi connectivity index (χ0v) is 50.0. The third-order valence-electron chi connectivity index (χ3n) is 18.3. The first-order chi connectivity index (χ1) is 28.6. The van der Waals surface area contributed by atoms with Gasteiger partial charge >= 0.3 is 0 Å². The van der Waals surface area contributed by atoms with Gasteiger partial charge < -0.3 is 22.4 Å². The molecule has 368 valence electrons. The summed E-state index contributed by atoms with van der Waals surface area (Å²) < 4.78 is 35.6. The first kappa shape index (κ1) is 57.2. The summed E-state index contributed by atoms with van der Waals surface area (Å²) in [5.74, 6) is 2.16. The highest BCUT2D eigenvalue weighted by Gasteiger charge is 2.52. The molecule has 0 bridgehead atoms. The van der Waals surface area contributed by atoms with E-state index in [4.69, 9.17) is 29.0 Å². The second-order valence-corrected chi connectivity index (χ2v) is 45.3. The van der Waals surface area contributed by atoms with Gasteiger partial charge in [-0.3, -0.25) is 0 Å². The van der Waals surface area contributed by atoms with Gasteiger partial charge in [-0.2, -0.15) is 0 Å². The summed E-state index contributed by atoms with van der Waals surface area (Å²) in [6.07, 6.45) is 16.3. The van der Waals surface area contributed by atoms with Gasteiger partial charge in [0.25, 0.3) is 0 Å². The molecule has 0 N–H and O–H groups in total. The molecular formula is C54H106O5Si4. The molecule has 0 amide bonds. The van der Waals surface area contributed by atoms with Crippen LogP contribution in [0, 0.1) is 23.2 Å². The number of hydrogen-bond donors (Lipinski definition) is 0. The van der Waals surface area contributed by atoms with Crippen molar-refractivity contribution in [1.82, 2.24) is 0 Å². The Morgan fingerprint density at radius 2 is 1.30 bits per heavy atom. The number of hydrogen-bond acceptors (Lipinski definition) is 5. The molecule has 3 rings (SSSR count). The smallest absolute Gasteiger partial charge is 0.193 e. The van der Waals surface area contributed by atoms with Crippen LogP contribution < -0.4 is 0 Å². The van der Waals surface area contributed by atoms with Crippen molar-refractivity contribution in [3.63, 3.8) is 0 Å². The maximum absolute atomic E-state index is 7.45. The van der Waals surface area contributed by atoms with Crippen LogP contribution in [-0.2, 0) is 22.4 Å². The summed E-state index contributed by atoms with van der Waals surface area (Å²) in [7, 11) is -7.86. The molecule has 3 aliphatic carbocycles. The summed E-state index contributed by atoms with van der Waals surface area (Å²) in [6, 6.07) is 3.67. The molecule has 0 aliphatic heterocycles. The van der Waals surface area contributed by atoms with Crippen molar-refractivity contribution >= 4 is 33.3 Å². The van der Waals surface area contributed by atoms with E-state index in [9.17, 15) is 0 Å². The van der Waals surface area contributed by atoms with Crippen LogP contribution in [0.2, 0.25) is 72.5 Å². The molecule has 0 unspecified atom stereocenters. The summed E-state index contributed by atoms with van der Waals surface area (Å²) in [5, 5.41) is 0.308. The molecule has 0 aromatic carbocycles. The van der Waals surface area contributed by atoms with Gasteiger partial charge in [-0.25, -0.2) is 0 Å². The minimum absolute atomic E-state index is 0.0251. The quantitative estimate of drug-likeness (QED) is 0.0847. The van der Waals surface area contributed by atoms with Crippen LogP contribution in [0.3, 0.4) is 0 Å². The topological polar surface area (TPSA) is 46.2 Å². The minimum atomic E-state index is -2.22. The minimum Gasteiger partial charge on any atom is -0.417 e. The lowest BCUT2D eigenvalue weighted by Gasteiger charge is -2.49. The normalized spacial score (nSPS) is 28.0. The monoisotopic (exact) mass is 947 g/mol. The van der Waals surface area contributed by atoms with Crippen LogP contribution in [0.1, 0.15) is 175 Å². The molecule has 7 atom stereocenters. The van der Waals surface area contributed by atoms with Crippen LogP contribution in [0.4, 0.5) is 0 Å². The van der Waals surface area contributed by atoms with Crippen LogP contribution in [0.25, 0.3) is 0 Å².